The van der Waals surface area contributed by atoms with Gasteiger partial charge in [0.25, 0.3) is 0 Å². The summed E-state index contributed by atoms with van der Waals surface area (Å²) in [5.74, 6) is 0.728. The molecule has 1 amide bonds. The molecule has 0 heterocycles. The summed E-state index contributed by atoms with van der Waals surface area (Å²) in [6.07, 6.45) is 1.70. The summed E-state index contributed by atoms with van der Waals surface area (Å²) in [6.45, 7) is 2.40. The van der Waals surface area contributed by atoms with Crippen molar-refractivity contribution in [2.24, 2.45) is 0 Å². The van der Waals surface area contributed by atoms with Gasteiger partial charge in [-0.15, -0.1) is 11.8 Å². The fourth-order valence-corrected chi connectivity index (χ4v) is 4.44. The maximum absolute atomic E-state index is 12.1. The van der Waals surface area contributed by atoms with E-state index in [-0.39, 0.29) is 16.6 Å². The maximum atomic E-state index is 12.1. The molecule has 0 radical (unpaired) electrons. The Kier molecular flexibility index (Phi) is 9.11. The first kappa shape index (κ1) is 23.0. The number of benzene rings is 2. The Morgan fingerprint density at radius 3 is 2.43 bits per heavy atom. The van der Waals surface area contributed by atoms with E-state index in [1.165, 1.54) is 23.9 Å². The monoisotopic (exact) mass is 460 g/mol. The van der Waals surface area contributed by atoms with Crippen molar-refractivity contribution in [3.63, 3.8) is 0 Å². The number of hydrogen-bond acceptors (Lipinski definition) is 4. The fraction of sp³-hybridized carbons (Fsp3) is 0.316. The topological polar surface area (TPSA) is 75.3 Å². The number of carbonyl (C=O) groups excluding carboxylic acids is 1. The van der Waals surface area contributed by atoms with Crippen LogP contribution < -0.4 is 10.0 Å². The summed E-state index contributed by atoms with van der Waals surface area (Å²) in [4.78, 5) is 12.2. The molecular weight excluding hydrogens is 439 g/mol. The first-order chi connectivity index (χ1) is 13.3. The van der Waals surface area contributed by atoms with Crippen LogP contribution in [0.25, 0.3) is 0 Å². The van der Waals surface area contributed by atoms with Crippen molar-refractivity contribution in [2.75, 3.05) is 17.6 Å². The predicted molar refractivity (Wildman–Crippen MR) is 118 cm³/mol. The number of sulfonamides is 1. The van der Waals surface area contributed by atoms with Crippen LogP contribution in [0.2, 0.25) is 10.0 Å². The van der Waals surface area contributed by atoms with Crippen LogP contribution >= 0.6 is 35.0 Å². The van der Waals surface area contributed by atoms with Crippen LogP contribution in [0.15, 0.2) is 47.4 Å². The Labute approximate surface area is 180 Å². The van der Waals surface area contributed by atoms with E-state index in [9.17, 15) is 13.2 Å². The lowest BCUT2D eigenvalue weighted by atomic mass is 10.2. The van der Waals surface area contributed by atoms with Crippen molar-refractivity contribution in [3.05, 3.63) is 58.1 Å². The zero-order chi connectivity index (χ0) is 20.6. The van der Waals surface area contributed by atoms with Crippen molar-refractivity contribution >= 4 is 56.6 Å². The number of carbonyl (C=O) groups is 1. The van der Waals surface area contributed by atoms with Crippen molar-refractivity contribution in [3.8, 4) is 0 Å². The quantitative estimate of drug-likeness (QED) is 0.492. The highest BCUT2D eigenvalue weighted by Crippen LogP contribution is 2.24. The molecule has 2 aromatic carbocycles. The van der Waals surface area contributed by atoms with Gasteiger partial charge in [-0.25, -0.2) is 13.1 Å². The molecule has 5 nitrogen and oxygen atoms in total. The number of unbranched alkanes of at least 4 members (excludes halogenated alkanes) is 1. The number of hydrogen-bond donors (Lipinski definition) is 2. The van der Waals surface area contributed by atoms with Gasteiger partial charge < -0.3 is 5.32 Å². The Bertz CT molecular complexity index is 904. The zero-order valence-corrected chi connectivity index (χ0v) is 18.5. The van der Waals surface area contributed by atoms with E-state index in [1.807, 2.05) is 13.0 Å². The minimum absolute atomic E-state index is 0.165. The number of halogens is 2. The van der Waals surface area contributed by atoms with Gasteiger partial charge in [0, 0.05) is 18.0 Å². The van der Waals surface area contributed by atoms with Gasteiger partial charge in [0.15, 0.2) is 0 Å². The number of rotatable bonds is 10. The molecule has 152 valence electrons. The van der Waals surface area contributed by atoms with Gasteiger partial charge >= 0.3 is 0 Å². The maximum Gasteiger partial charge on any atom is 0.240 e. The molecule has 0 fully saturated rings. The summed E-state index contributed by atoms with van der Waals surface area (Å²) in [5.41, 5.74) is 1.53. The van der Waals surface area contributed by atoms with Gasteiger partial charge in [-0.2, -0.15) is 0 Å². The summed E-state index contributed by atoms with van der Waals surface area (Å²) in [5, 5.41) is 3.75. The van der Waals surface area contributed by atoms with Gasteiger partial charge in [0.2, 0.25) is 15.9 Å². The number of nitrogens with one attached hydrogen (secondary N) is 2. The second kappa shape index (κ2) is 11.1. The van der Waals surface area contributed by atoms with Crippen molar-refractivity contribution in [1.82, 2.24) is 4.72 Å². The molecule has 0 bridgehead atoms. The first-order valence-corrected chi connectivity index (χ1v) is 12.1. The molecule has 0 aliphatic rings. The first-order valence-electron chi connectivity index (χ1n) is 8.73. The molecule has 0 aliphatic carbocycles. The Balaban J connectivity index is 1.82. The van der Waals surface area contributed by atoms with E-state index in [0.717, 1.165) is 18.4 Å². The van der Waals surface area contributed by atoms with E-state index >= 15 is 0 Å². The van der Waals surface area contributed by atoms with Crippen LogP contribution in [0, 0.1) is 0 Å². The van der Waals surface area contributed by atoms with Gasteiger partial charge in [-0.3, -0.25) is 4.79 Å². The third kappa shape index (κ3) is 7.29. The third-order valence-electron chi connectivity index (χ3n) is 3.76. The summed E-state index contributed by atoms with van der Waals surface area (Å²) in [6, 6.07) is 11.5. The van der Waals surface area contributed by atoms with Gasteiger partial charge in [0.1, 0.15) is 0 Å². The highest BCUT2D eigenvalue weighted by atomic mass is 35.5. The molecule has 0 saturated carbocycles. The molecule has 0 saturated heterocycles. The standard InChI is InChI=1S/C19H22Cl2N2O3S2/c1-2-3-10-22-28(25,26)16-7-5-15(6-8-16)23-19(24)13-27-12-14-4-9-17(20)18(21)11-14/h4-9,11,22H,2-3,10,12-13H2,1H3,(H,23,24). The molecule has 28 heavy (non-hydrogen) atoms. The molecule has 9 heteroatoms. The van der Waals surface area contributed by atoms with E-state index in [4.69, 9.17) is 23.2 Å². The molecule has 0 aliphatic heterocycles. The van der Waals surface area contributed by atoms with Gasteiger partial charge in [-0.05, 0) is 48.4 Å². The second-order valence-corrected chi connectivity index (χ2v) is 9.63. The summed E-state index contributed by atoms with van der Waals surface area (Å²) in [7, 11) is -3.52. The van der Waals surface area contributed by atoms with E-state index in [1.54, 1.807) is 24.3 Å². The smallest absolute Gasteiger partial charge is 0.240 e. The highest BCUT2D eigenvalue weighted by molar-refractivity contribution is 7.99. The normalized spacial score (nSPS) is 11.4. The predicted octanol–water partition coefficient (Wildman–Crippen LogP) is 4.94. The van der Waals surface area contributed by atoms with Gasteiger partial charge in [0.05, 0.1) is 20.7 Å². The van der Waals surface area contributed by atoms with Crippen LogP contribution in [-0.4, -0.2) is 26.6 Å². The average molecular weight is 461 g/mol. The van der Waals surface area contributed by atoms with Crippen molar-refractivity contribution in [2.45, 2.75) is 30.4 Å². The SMILES string of the molecule is CCCCNS(=O)(=O)c1ccc(NC(=O)CSCc2ccc(Cl)c(Cl)c2)cc1. The molecule has 2 N–H and O–H groups in total. The van der Waals surface area contributed by atoms with Gasteiger partial charge in [-0.1, -0.05) is 42.6 Å². The minimum Gasteiger partial charge on any atom is -0.325 e. The Hall–Kier alpha value is -1.25. The zero-order valence-electron chi connectivity index (χ0n) is 15.4. The van der Waals surface area contributed by atoms with Crippen LogP contribution in [0.4, 0.5) is 5.69 Å². The average Bonchev–Trinajstić information content (AvgIpc) is 2.65. The Morgan fingerprint density at radius 2 is 1.79 bits per heavy atom. The van der Waals surface area contributed by atoms with Crippen LogP contribution in [0.1, 0.15) is 25.3 Å². The van der Waals surface area contributed by atoms with E-state index in [2.05, 4.69) is 10.0 Å². The minimum atomic E-state index is -3.52. The molecule has 2 rings (SSSR count). The molecule has 2 aromatic rings. The lowest BCUT2D eigenvalue weighted by Crippen LogP contribution is -2.24. The molecule has 0 unspecified atom stereocenters. The summed E-state index contributed by atoms with van der Waals surface area (Å²) < 4.78 is 26.8. The van der Waals surface area contributed by atoms with Crippen LogP contribution in [0.3, 0.4) is 0 Å². The van der Waals surface area contributed by atoms with Crippen molar-refractivity contribution in [1.29, 1.82) is 0 Å². The second-order valence-electron chi connectivity index (χ2n) is 6.07. The summed E-state index contributed by atoms with van der Waals surface area (Å²) >= 11 is 13.3. The van der Waals surface area contributed by atoms with Crippen LogP contribution in [-0.2, 0) is 20.6 Å². The lowest BCUT2D eigenvalue weighted by Gasteiger charge is -2.08. The van der Waals surface area contributed by atoms with E-state index < -0.39 is 10.0 Å². The number of anilines is 1. The molecule has 0 spiro atoms. The fourth-order valence-electron chi connectivity index (χ4n) is 2.27. The molecule has 0 atom stereocenters. The highest BCUT2D eigenvalue weighted by Gasteiger charge is 2.13. The van der Waals surface area contributed by atoms with Crippen molar-refractivity contribution < 1.29 is 13.2 Å². The molecule has 0 aromatic heterocycles. The Morgan fingerprint density at radius 1 is 1.07 bits per heavy atom. The number of amides is 1. The largest absolute Gasteiger partial charge is 0.325 e. The lowest BCUT2D eigenvalue weighted by molar-refractivity contribution is -0.113. The van der Waals surface area contributed by atoms with E-state index in [0.29, 0.717) is 28.0 Å². The number of thioether (sulfide) groups is 1. The third-order valence-corrected chi connectivity index (χ3v) is 6.98. The molecular formula is C19H22Cl2N2O3S2. The van der Waals surface area contributed by atoms with Crippen LogP contribution in [0.5, 0.6) is 0 Å².